The van der Waals surface area contributed by atoms with Crippen LogP contribution in [0.2, 0.25) is 0 Å². The topological polar surface area (TPSA) is 20.3 Å². The summed E-state index contributed by atoms with van der Waals surface area (Å²) in [5, 5.41) is 0. The van der Waals surface area contributed by atoms with Gasteiger partial charge in [-0.3, -0.25) is 4.79 Å². The molecule has 2 unspecified atom stereocenters. The smallest absolute Gasteiger partial charge is 0.225 e. The first-order valence-electron chi connectivity index (χ1n) is 5.58. The van der Waals surface area contributed by atoms with Crippen molar-refractivity contribution >= 4 is 5.91 Å². The van der Waals surface area contributed by atoms with Crippen LogP contribution in [0.5, 0.6) is 0 Å². The molecule has 0 spiro atoms. The van der Waals surface area contributed by atoms with Crippen LogP contribution in [0.4, 0.5) is 0 Å². The number of rotatable bonds is 0. The van der Waals surface area contributed by atoms with Crippen molar-refractivity contribution in [2.24, 2.45) is 11.8 Å². The molecule has 3 atom stereocenters. The molecule has 2 heteroatoms. The van der Waals surface area contributed by atoms with E-state index >= 15 is 0 Å². The van der Waals surface area contributed by atoms with Crippen molar-refractivity contribution < 1.29 is 4.79 Å². The Morgan fingerprint density at radius 1 is 1.43 bits per heavy atom. The van der Waals surface area contributed by atoms with Gasteiger partial charge in [-0.2, -0.15) is 0 Å². The monoisotopic (exact) mass is 193 g/mol. The van der Waals surface area contributed by atoms with Crippen LogP contribution in [0.15, 0.2) is 11.6 Å². The first-order valence-corrected chi connectivity index (χ1v) is 5.58. The highest BCUT2D eigenvalue weighted by Crippen LogP contribution is 2.36. The molecule has 2 saturated heterocycles. The summed E-state index contributed by atoms with van der Waals surface area (Å²) >= 11 is 0. The molecule has 0 aliphatic carbocycles. The van der Waals surface area contributed by atoms with E-state index < -0.39 is 0 Å². The average molecular weight is 193 g/mol. The van der Waals surface area contributed by atoms with Crippen molar-refractivity contribution in [1.29, 1.82) is 0 Å². The van der Waals surface area contributed by atoms with Crippen molar-refractivity contribution in [2.45, 2.75) is 39.7 Å². The van der Waals surface area contributed by atoms with Crippen LogP contribution in [0, 0.1) is 11.8 Å². The van der Waals surface area contributed by atoms with Crippen molar-refractivity contribution in [3.63, 3.8) is 0 Å². The predicted octanol–water partition coefficient (Wildman–Crippen LogP) is 2.21. The van der Waals surface area contributed by atoms with Gasteiger partial charge >= 0.3 is 0 Å². The van der Waals surface area contributed by atoms with Gasteiger partial charge in [0.15, 0.2) is 0 Å². The maximum absolute atomic E-state index is 11.9. The fourth-order valence-electron chi connectivity index (χ4n) is 2.84. The van der Waals surface area contributed by atoms with Crippen LogP contribution < -0.4 is 0 Å². The second-order valence-electron chi connectivity index (χ2n) is 4.80. The Balaban J connectivity index is 2.22. The largest absolute Gasteiger partial charge is 0.335 e. The highest BCUT2D eigenvalue weighted by Gasteiger charge is 2.41. The van der Waals surface area contributed by atoms with Gasteiger partial charge in [-0.05, 0) is 25.7 Å². The number of carbonyl (C=O) groups excluding carboxylic acids is 1. The van der Waals surface area contributed by atoms with Gasteiger partial charge in [-0.15, -0.1) is 0 Å². The quantitative estimate of drug-likeness (QED) is 0.540. The van der Waals surface area contributed by atoms with Crippen molar-refractivity contribution in [3.05, 3.63) is 11.6 Å². The second kappa shape index (κ2) is 3.41. The van der Waals surface area contributed by atoms with Gasteiger partial charge in [0, 0.05) is 18.5 Å². The third-order valence-corrected chi connectivity index (χ3v) is 3.74. The second-order valence-corrected chi connectivity index (χ2v) is 4.80. The molecule has 0 saturated carbocycles. The van der Waals surface area contributed by atoms with E-state index in [9.17, 15) is 4.79 Å². The number of nitrogens with zero attached hydrogens (tertiary/aromatic N) is 1. The first-order chi connectivity index (χ1) is 6.63. The van der Waals surface area contributed by atoms with Crippen molar-refractivity contribution in [1.82, 2.24) is 4.90 Å². The van der Waals surface area contributed by atoms with Crippen LogP contribution in [0.1, 0.15) is 33.6 Å². The summed E-state index contributed by atoms with van der Waals surface area (Å²) in [5.41, 5.74) is 1.43. The lowest BCUT2D eigenvalue weighted by Crippen LogP contribution is -2.47. The van der Waals surface area contributed by atoms with E-state index in [1.165, 1.54) is 5.57 Å². The number of allylic oxidation sites excluding steroid dienone is 1. The van der Waals surface area contributed by atoms with Gasteiger partial charge < -0.3 is 4.90 Å². The molecule has 78 valence electrons. The fourth-order valence-corrected chi connectivity index (χ4v) is 2.84. The maximum Gasteiger partial charge on any atom is 0.225 e. The SMILES string of the molecule is C/C=C1/C[C@H]2C(C)CC(C)C(=O)N2C1. The number of hydrogen-bond donors (Lipinski definition) is 0. The van der Waals surface area contributed by atoms with Crippen LogP contribution in [-0.4, -0.2) is 23.4 Å². The maximum atomic E-state index is 11.9. The van der Waals surface area contributed by atoms with E-state index in [2.05, 4.69) is 31.7 Å². The summed E-state index contributed by atoms with van der Waals surface area (Å²) in [4.78, 5) is 14.0. The third kappa shape index (κ3) is 1.37. The van der Waals surface area contributed by atoms with Gasteiger partial charge in [-0.1, -0.05) is 25.5 Å². The molecule has 0 radical (unpaired) electrons. The molecule has 0 aromatic carbocycles. The van der Waals surface area contributed by atoms with Gasteiger partial charge in [0.25, 0.3) is 0 Å². The molecular weight excluding hydrogens is 174 g/mol. The standard InChI is InChI=1S/C12H19NO/c1-4-10-6-11-8(2)5-9(3)12(14)13(11)7-10/h4,8-9,11H,5-7H2,1-3H3/b10-4-/t8?,9?,11-/m0/s1. The Hall–Kier alpha value is -0.790. The van der Waals surface area contributed by atoms with Crippen LogP contribution in [-0.2, 0) is 4.79 Å². The fraction of sp³-hybridized carbons (Fsp3) is 0.750. The highest BCUT2D eigenvalue weighted by atomic mass is 16.2. The minimum atomic E-state index is 0.234. The summed E-state index contributed by atoms with van der Waals surface area (Å²) < 4.78 is 0. The predicted molar refractivity (Wildman–Crippen MR) is 56.8 cm³/mol. The van der Waals surface area contributed by atoms with E-state index in [0.29, 0.717) is 17.9 Å². The molecule has 2 nitrogen and oxygen atoms in total. The van der Waals surface area contributed by atoms with Crippen LogP contribution in [0.3, 0.4) is 0 Å². The van der Waals surface area contributed by atoms with E-state index in [1.807, 2.05) is 0 Å². The summed E-state index contributed by atoms with van der Waals surface area (Å²) in [6, 6.07) is 0.491. The van der Waals surface area contributed by atoms with E-state index in [0.717, 1.165) is 19.4 Å². The first kappa shape index (κ1) is 9.75. The summed E-state index contributed by atoms with van der Waals surface area (Å²) in [7, 11) is 0. The number of fused-ring (bicyclic) bond motifs is 1. The summed E-state index contributed by atoms with van der Waals surface area (Å²) in [6.07, 6.45) is 4.34. The Labute approximate surface area is 86.0 Å². The van der Waals surface area contributed by atoms with E-state index in [1.54, 1.807) is 0 Å². The molecule has 0 bridgehead atoms. The van der Waals surface area contributed by atoms with E-state index in [-0.39, 0.29) is 5.92 Å². The van der Waals surface area contributed by atoms with Gasteiger partial charge in [0.05, 0.1) is 0 Å². The Kier molecular flexibility index (Phi) is 2.38. The molecule has 0 aromatic rings. The Bertz CT molecular complexity index is 282. The molecule has 14 heavy (non-hydrogen) atoms. The molecule has 2 fully saturated rings. The normalized spacial score (nSPS) is 40.5. The Morgan fingerprint density at radius 2 is 2.14 bits per heavy atom. The average Bonchev–Trinajstić information content (AvgIpc) is 2.58. The highest BCUT2D eigenvalue weighted by molar-refractivity contribution is 5.80. The van der Waals surface area contributed by atoms with Crippen LogP contribution >= 0.6 is 0 Å². The molecular formula is C12H19NO. The molecule has 2 aliphatic rings. The number of hydrogen-bond acceptors (Lipinski definition) is 1. The van der Waals surface area contributed by atoms with Crippen molar-refractivity contribution in [2.75, 3.05) is 6.54 Å². The summed E-state index contributed by atoms with van der Waals surface area (Å²) in [6.45, 7) is 7.29. The zero-order valence-corrected chi connectivity index (χ0v) is 9.29. The van der Waals surface area contributed by atoms with E-state index in [4.69, 9.17) is 0 Å². The van der Waals surface area contributed by atoms with Crippen LogP contribution in [0.25, 0.3) is 0 Å². The van der Waals surface area contributed by atoms with Gasteiger partial charge in [-0.25, -0.2) is 0 Å². The molecule has 2 rings (SSSR count). The molecule has 1 amide bonds. The Morgan fingerprint density at radius 3 is 2.79 bits per heavy atom. The molecule has 2 heterocycles. The molecule has 2 aliphatic heterocycles. The van der Waals surface area contributed by atoms with Gasteiger partial charge in [0.2, 0.25) is 5.91 Å². The number of piperidine rings is 1. The number of carbonyl (C=O) groups is 1. The molecule has 0 aromatic heterocycles. The lowest BCUT2D eigenvalue weighted by molar-refractivity contribution is -0.141. The lowest BCUT2D eigenvalue weighted by atomic mass is 9.85. The zero-order chi connectivity index (χ0) is 10.3. The number of amides is 1. The van der Waals surface area contributed by atoms with Crippen molar-refractivity contribution in [3.8, 4) is 0 Å². The minimum absolute atomic E-state index is 0.234. The zero-order valence-electron chi connectivity index (χ0n) is 9.29. The van der Waals surface area contributed by atoms with Gasteiger partial charge in [0.1, 0.15) is 0 Å². The third-order valence-electron chi connectivity index (χ3n) is 3.74. The summed E-state index contributed by atoms with van der Waals surface area (Å²) in [5.74, 6) is 1.27. The lowest BCUT2D eigenvalue weighted by Gasteiger charge is -2.37. The minimum Gasteiger partial charge on any atom is -0.335 e. The molecule has 0 N–H and O–H groups in total.